The van der Waals surface area contributed by atoms with Crippen LogP contribution < -0.4 is 15.4 Å². The van der Waals surface area contributed by atoms with Gasteiger partial charge in [-0.2, -0.15) is 0 Å². The highest BCUT2D eigenvalue weighted by Crippen LogP contribution is 2.16. The molecule has 2 amide bonds. The van der Waals surface area contributed by atoms with Crippen molar-refractivity contribution < 1.29 is 18.7 Å². The molecule has 3 aromatic rings. The Labute approximate surface area is 188 Å². The minimum absolute atomic E-state index is 0.0875. The van der Waals surface area contributed by atoms with Crippen molar-refractivity contribution in [2.75, 3.05) is 6.61 Å². The van der Waals surface area contributed by atoms with Gasteiger partial charge in [-0.1, -0.05) is 23.8 Å². The predicted octanol–water partition coefficient (Wildman–Crippen LogP) is 4.56. The molecule has 166 valence electrons. The molecule has 1 atom stereocenters. The standard InChI is InChI=1S/C26H28N2O4/c1-17-7-5-8-21(13-17)25(29)28-24(15-22-9-6-12-31-22)26(30)27-20(4)16-32-23-11-10-18(2)19(3)14-23/h5-15,20H,16H2,1-4H3,(H,27,30)(H,28,29)/b24-15-/t20-/m1/s1. The molecule has 0 spiro atoms. The molecule has 0 unspecified atom stereocenters. The van der Waals surface area contributed by atoms with Gasteiger partial charge in [-0.05, 0) is 75.2 Å². The van der Waals surface area contributed by atoms with Crippen LogP contribution in [0.5, 0.6) is 5.75 Å². The molecule has 0 aliphatic heterocycles. The van der Waals surface area contributed by atoms with Crippen LogP contribution in [0, 0.1) is 20.8 Å². The molecule has 0 saturated carbocycles. The van der Waals surface area contributed by atoms with E-state index in [1.54, 1.807) is 30.3 Å². The summed E-state index contributed by atoms with van der Waals surface area (Å²) in [5.41, 5.74) is 3.84. The van der Waals surface area contributed by atoms with Crippen molar-refractivity contribution in [2.24, 2.45) is 0 Å². The van der Waals surface area contributed by atoms with Crippen molar-refractivity contribution in [2.45, 2.75) is 33.7 Å². The number of amides is 2. The lowest BCUT2D eigenvalue weighted by molar-refractivity contribution is -0.118. The first-order valence-electron chi connectivity index (χ1n) is 10.5. The summed E-state index contributed by atoms with van der Waals surface area (Å²) in [6.45, 7) is 8.09. The van der Waals surface area contributed by atoms with Gasteiger partial charge in [-0.15, -0.1) is 0 Å². The quantitative estimate of drug-likeness (QED) is 0.512. The zero-order valence-electron chi connectivity index (χ0n) is 18.8. The van der Waals surface area contributed by atoms with Crippen LogP contribution >= 0.6 is 0 Å². The normalized spacial score (nSPS) is 12.2. The van der Waals surface area contributed by atoms with E-state index in [1.165, 1.54) is 17.9 Å². The van der Waals surface area contributed by atoms with Crippen LogP contribution in [0.2, 0.25) is 0 Å². The van der Waals surface area contributed by atoms with E-state index in [-0.39, 0.29) is 24.3 Å². The molecule has 6 heteroatoms. The van der Waals surface area contributed by atoms with Crippen molar-refractivity contribution >= 4 is 17.9 Å². The van der Waals surface area contributed by atoms with Crippen LogP contribution in [0.1, 0.15) is 39.7 Å². The average Bonchev–Trinajstić information content (AvgIpc) is 3.27. The molecule has 0 aliphatic carbocycles. The maximum atomic E-state index is 12.9. The van der Waals surface area contributed by atoms with Crippen molar-refractivity contribution in [3.8, 4) is 5.75 Å². The van der Waals surface area contributed by atoms with Crippen LogP contribution in [0.15, 0.2) is 71.0 Å². The lowest BCUT2D eigenvalue weighted by atomic mass is 10.1. The summed E-state index contributed by atoms with van der Waals surface area (Å²) in [6, 6.07) is 16.2. The number of ether oxygens (including phenoxy) is 1. The Balaban J connectivity index is 1.68. The lowest BCUT2D eigenvalue weighted by Crippen LogP contribution is -2.41. The van der Waals surface area contributed by atoms with Crippen molar-refractivity contribution in [3.05, 3.63) is 94.6 Å². The van der Waals surface area contributed by atoms with E-state index in [0.29, 0.717) is 11.3 Å². The summed E-state index contributed by atoms with van der Waals surface area (Å²) in [7, 11) is 0. The Kier molecular flexibility index (Phi) is 7.49. The summed E-state index contributed by atoms with van der Waals surface area (Å²) in [5, 5.41) is 5.57. The zero-order valence-corrected chi connectivity index (χ0v) is 18.8. The van der Waals surface area contributed by atoms with Gasteiger partial charge in [0, 0.05) is 11.6 Å². The highest BCUT2D eigenvalue weighted by atomic mass is 16.5. The molecular weight excluding hydrogens is 404 g/mol. The van der Waals surface area contributed by atoms with Crippen molar-refractivity contribution in [1.29, 1.82) is 0 Å². The van der Waals surface area contributed by atoms with E-state index in [2.05, 4.69) is 10.6 Å². The number of furan rings is 1. The Morgan fingerprint density at radius 3 is 2.53 bits per heavy atom. The van der Waals surface area contributed by atoms with Crippen molar-refractivity contribution in [3.63, 3.8) is 0 Å². The van der Waals surface area contributed by atoms with Gasteiger partial charge in [0.05, 0.1) is 12.3 Å². The molecule has 2 N–H and O–H groups in total. The second-order valence-corrected chi connectivity index (χ2v) is 7.83. The maximum absolute atomic E-state index is 12.9. The molecule has 0 aliphatic rings. The van der Waals surface area contributed by atoms with Crippen LogP contribution in [-0.4, -0.2) is 24.5 Å². The smallest absolute Gasteiger partial charge is 0.268 e. The molecule has 32 heavy (non-hydrogen) atoms. The molecule has 2 aromatic carbocycles. The third-order valence-electron chi connectivity index (χ3n) is 4.96. The predicted molar refractivity (Wildman–Crippen MR) is 124 cm³/mol. The van der Waals surface area contributed by atoms with Crippen LogP contribution in [-0.2, 0) is 4.79 Å². The van der Waals surface area contributed by atoms with Gasteiger partial charge < -0.3 is 19.8 Å². The Morgan fingerprint density at radius 2 is 1.84 bits per heavy atom. The Hall–Kier alpha value is -3.80. The largest absolute Gasteiger partial charge is 0.491 e. The summed E-state index contributed by atoms with van der Waals surface area (Å²) < 4.78 is 11.1. The number of hydrogen-bond acceptors (Lipinski definition) is 4. The number of benzene rings is 2. The number of nitrogens with one attached hydrogen (secondary N) is 2. The van der Waals surface area contributed by atoms with Gasteiger partial charge in [0.25, 0.3) is 11.8 Å². The zero-order chi connectivity index (χ0) is 23.1. The molecule has 1 aromatic heterocycles. The first-order valence-corrected chi connectivity index (χ1v) is 10.5. The summed E-state index contributed by atoms with van der Waals surface area (Å²) in [4.78, 5) is 25.6. The van der Waals surface area contributed by atoms with Gasteiger partial charge in [0.2, 0.25) is 0 Å². The van der Waals surface area contributed by atoms with Crippen molar-refractivity contribution in [1.82, 2.24) is 10.6 Å². The van der Waals surface area contributed by atoms with Gasteiger partial charge in [-0.25, -0.2) is 0 Å². The van der Waals surface area contributed by atoms with Gasteiger partial charge >= 0.3 is 0 Å². The van der Waals surface area contributed by atoms with Crippen LogP contribution in [0.4, 0.5) is 0 Å². The first kappa shape index (κ1) is 22.9. The summed E-state index contributed by atoms with van der Waals surface area (Å²) in [5.74, 6) is 0.395. The minimum atomic E-state index is -0.432. The molecule has 0 fully saturated rings. The van der Waals surface area contributed by atoms with E-state index in [1.807, 2.05) is 52.0 Å². The molecular formula is C26H28N2O4. The SMILES string of the molecule is Cc1cccc(C(=O)N/C(=C\c2ccco2)C(=O)N[C@H](C)COc2ccc(C)c(C)c2)c1. The first-order chi connectivity index (χ1) is 15.3. The topological polar surface area (TPSA) is 80.6 Å². The number of carbonyl (C=O) groups is 2. The summed E-state index contributed by atoms with van der Waals surface area (Å²) >= 11 is 0. The second-order valence-electron chi connectivity index (χ2n) is 7.83. The monoisotopic (exact) mass is 432 g/mol. The molecule has 0 saturated heterocycles. The molecule has 1 heterocycles. The van der Waals surface area contributed by atoms with E-state index >= 15 is 0 Å². The van der Waals surface area contributed by atoms with E-state index in [9.17, 15) is 9.59 Å². The fourth-order valence-electron chi connectivity index (χ4n) is 3.02. The van der Waals surface area contributed by atoms with E-state index in [0.717, 1.165) is 16.9 Å². The summed E-state index contributed by atoms with van der Waals surface area (Å²) in [6.07, 6.45) is 3.00. The van der Waals surface area contributed by atoms with E-state index < -0.39 is 5.91 Å². The van der Waals surface area contributed by atoms with Crippen LogP contribution in [0.3, 0.4) is 0 Å². The van der Waals surface area contributed by atoms with Crippen LogP contribution in [0.25, 0.3) is 6.08 Å². The molecule has 6 nitrogen and oxygen atoms in total. The highest BCUT2D eigenvalue weighted by molar-refractivity contribution is 6.05. The number of hydrogen-bond donors (Lipinski definition) is 2. The second kappa shape index (κ2) is 10.5. The fraction of sp³-hybridized carbons (Fsp3) is 0.231. The number of rotatable bonds is 8. The number of carbonyl (C=O) groups excluding carboxylic acids is 2. The Morgan fingerprint density at radius 1 is 1.03 bits per heavy atom. The third-order valence-corrected chi connectivity index (χ3v) is 4.96. The number of aryl methyl sites for hydroxylation is 3. The molecule has 3 rings (SSSR count). The Bertz CT molecular complexity index is 1120. The average molecular weight is 433 g/mol. The fourth-order valence-corrected chi connectivity index (χ4v) is 3.02. The molecule has 0 radical (unpaired) electrons. The molecule has 0 bridgehead atoms. The highest BCUT2D eigenvalue weighted by Gasteiger charge is 2.17. The van der Waals surface area contributed by atoms with Gasteiger partial charge in [0.1, 0.15) is 23.8 Å². The minimum Gasteiger partial charge on any atom is -0.491 e. The van der Waals surface area contributed by atoms with Gasteiger partial charge in [-0.3, -0.25) is 9.59 Å². The van der Waals surface area contributed by atoms with E-state index in [4.69, 9.17) is 9.15 Å². The van der Waals surface area contributed by atoms with Gasteiger partial charge in [0.15, 0.2) is 0 Å². The third kappa shape index (κ3) is 6.35. The lowest BCUT2D eigenvalue weighted by Gasteiger charge is -2.17. The maximum Gasteiger partial charge on any atom is 0.268 e.